The average molecular weight is 286 g/mol. The predicted octanol–water partition coefficient (Wildman–Crippen LogP) is 4.32. The van der Waals surface area contributed by atoms with Gasteiger partial charge in [0.1, 0.15) is 5.69 Å². The fourth-order valence-electron chi connectivity index (χ4n) is 1.91. The van der Waals surface area contributed by atoms with Gasteiger partial charge in [-0.05, 0) is 18.2 Å². The Morgan fingerprint density at radius 1 is 1.05 bits per heavy atom. The smallest absolute Gasteiger partial charge is 0.294 e. The van der Waals surface area contributed by atoms with Crippen LogP contribution in [0.2, 0.25) is 5.02 Å². The molecule has 0 atom stereocenters. The summed E-state index contributed by atoms with van der Waals surface area (Å²) in [5.41, 5.74) is 8.07. The molecule has 0 unspecified atom stereocenters. The van der Waals surface area contributed by atoms with E-state index in [-0.39, 0.29) is 6.01 Å². The number of nitrogen functional groups attached to an aromatic ring is 1. The molecule has 0 radical (unpaired) electrons. The molecule has 4 nitrogen and oxygen atoms in total. The summed E-state index contributed by atoms with van der Waals surface area (Å²) in [4.78, 5) is 4.22. The number of hydrogen-bond donors (Lipinski definition) is 2. The lowest BCUT2D eigenvalue weighted by Crippen LogP contribution is -1.91. The Labute approximate surface area is 121 Å². The van der Waals surface area contributed by atoms with Crippen molar-refractivity contribution in [2.45, 2.75) is 0 Å². The molecule has 20 heavy (non-hydrogen) atoms. The van der Waals surface area contributed by atoms with Gasteiger partial charge in [0, 0.05) is 16.3 Å². The maximum absolute atomic E-state index is 5.96. The van der Waals surface area contributed by atoms with Crippen molar-refractivity contribution in [2.24, 2.45) is 0 Å². The summed E-state index contributed by atoms with van der Waals surface area (Å²) in [6.45, 7) is 0. The van der Waals surface area contributed by atoms with Crippen molar-refractivity contribution in [3.8, 4) is 11.3 Å². The van der Waals surface area contributed by atoms with Crippen LogP contribution < -0.4 is 11.1 Å². The van der Waals surface area contributed by atoms with E-state index in [0.29, 0.717) is 16.6 Å². The van der Waals surface area contributed by atoms with Crippen molar-refractivity contribution >= 4 is 29.2 Å². The first-order valence-electron chi connectivity index (χ1n) is 6.07. The van der Waals surface area contributed by atoms with Gasteiger partial charge in [0.25, 0.3) is 6.01 Å². The second-order valence-corrected chi connectivity index (χ2v) is 4.67. The van der Waals surface area contributed by atoms with E-state index in [0.717, 1.165) is 11.3 Å². The largest absolute Gasteiger partial charge is 0.407 e. The fourth-order valence-corrected chi connectivity index (χ4v) is 2.10. The van der Waals surface area contributed by atoms with E-state index < -0.39 is 0 Å². The second-order valence-electron chi connectivity index (χ2n) is 4.23. The third kappa shape index (κ3) is 2.60. The standard InChI is InChI=1S/C15H12ClN3O/c16-11-7-4-8-12(9-11)18-14-13(19-15(17)20-14)10-5-2-1-3-6-10/h1-9,18H,(H2,17,19). The van der Waals surface area contributed by atoms with Gasteiger partial charge in [-0.15, -0.1) is 0 Å². The van der Waals surface area contributed by atoms with Crippen LogP contribution >= 0.6 is 11.6 Å². The zero-order valence-electron chi connectivity index (χ0n) is 10.5. The normalized spacial score (nSPS) is 10.4. The van der Waals surface area contributed by atoms with Crippen LogP contribution in [-0.4, -0.2) is 4.98 Å². The van der Waals surface area contributed by atoms with Crippen molar-refractivity contribution < 1.29 is 4.42 Å². The molecule has 0 aliphatic carbocycles. The van der Waals surface area contributed by atoms with Crippen LogP contribution in [-0.2, 0) is 0 Å². The van der Waals surface area contributed by atoms with Crippen LogP contribution in [0.5, 0.6) is 0 Å². The number of oxazole rings is 1. The molecule has 3 N–H and O–H groups in total. The monoisotopic (exact) mass is 285 g/mol. The third-order valence-electron chi connectivity index (χ3n) is 2.77. The Morgan fingerprint density at radius 3 is 2.60 bits per heavy atom. The number of nitrogens with zero attached hydrogens (tertiary/aromatic N) is 1. The summed E-state index contributed by atoms with van der Waals surface area (Å²) < 4.78 is 5.43. The van der Waals surface area contributed by atoms with Crippen LogP contribution in [0.25, 0.3) is 11.3 Å². The summed E-state index contributed by atoms with van der Waals surface area (Å²) >= 11 is 5.96. The maximum Gasteiger partial charge on any atom is 0.294 e. The third-order valence-corrected chi connectivity index (χ3v) is 3.01. The molecule has 0 fully saturated rings. The first-order chi connectivity index (χ1) is 9.72. The molecule has 0 aliphatic rings. The minimum Gasteiger partial charge on any atom is -0.407 e. The highest BCUT2D eigenvalue weighted by atomic mass is 35.5. The highest BCUT2D eigenvalue weighted by Crippen LogP contribution is 2.32. The second kappa shape index (κ2) is 5.27. The van der Waals surface area contributed by atoms with E-state index in [1.807, 2.05) is 42.5 Å². The Balaban J connectivity index is 1.98. The molecule has 0 spiro atoms. The lowest BCUT2D eigenvalue weighted by atomic mass is 10.1. The zero-order chi connectivity index (χ0) is 13.9. The first-order valence-corrected chi connectivity index (χ1v) is 6.44. The Hall–Kier alpha value is -2.46. The summed E-state index contributed by atoms with van der Waals surface area (Å²) in [5.74, 6) is 0.496. The van der Waals surface area contributed by atoms with Crippen molar-refractivity contribution in [1.29, 1.82) is 0 Å². The van der Waals surface area contributed by atoms with Gasteiger partial charge in [-0.25, -0.2) is 0 Å². The summed E-state index contributed by atoms with van der Waals surface area (Å²) in [6.07, 6.45) is 0. The van der Waals surface area contributed by atoms with E-state index in [2.05, 4.69) is 10.3 Å². The molecule has 1 aromatic heterocycles. The van der Waals surface area contributed by atoms with Crippen molar-refractivity contribution in [3.63, 3.8) is 0 Å². The summed E-state index contributed by atoms with van der Waals surface area (Å²) in [7, 11) is 0. The predicted molar refractivity (Wildman–Crippen MR) is 81.1 cm³/mol. The van der Waals surface area contributed by atoms with Crippen LogP contribution in [0.4, 0.5) is 17.6 Å². The van der Waals surface area contributed by atoms with Crippen molar-refractivity contribution in [3.05, 3.63) is 59.6 Å². The Bertz CT molecular complexity index is 725. The number of rotatable bonds is 3. The number of benzene rings is 2. The van der Waals surface area contributed by atoms with Crippen LogP contribution in [0.3, 0.4) is 0 Å². The van der Waals surface area contributed by atoms with Gasteiger partial charge in [0.05, 0.1) is 0 Å². The van der Waals surface area contributed by atoms with Gasteiger partial charge in [0.2, 0.25) is 5.88 Å². The maximum atomic E-state index is 5.96. The van der Waals surface area contributed by atoms with E-state index in [4.69, 9.17) is 21.8 Å². The summed E-state index contributed by atoms with van der Waals surface area (Å²) in [6, 6.07) is 17.2. The van der Waals surface area contributed by atoms with E-state index in [9.17, 15) is 0 Å². The number of nitrogens with two attached hydrogens (primary N) is 1. The highest BCUT2D eigenvalue weighted by molar-refractivity contribution is 6.30. The molecule has 3 rings (SSSR count). The van der Waals surface area contributed by atoms with Crippen molar-refractivity contribution in [2.75, 3.05) is 11.1 Å². The molecule has 1 heterocycles. The van der Waals surface area contributed by atoms with Gasteiger partial charge in [0.15, 0.2) is 0 Å². The number of halogens is 1. The molecule has 3 aromatic rings. The number of aromatic nitrogens is 1. The summed E-state index contributed by atoms with van der Waals surface area (Å²) in [5, 5.41) is 3.78. The van der Waals surface area contributed by atoms with Crippen LogP contribution in [0.1, 0.15) is 0 Å². The Kier molecular flexibility index (Phi) is 3.31. The van der Waals surface area contributed by atoms with E-state index in [1.165, 1.54) is 0 Å². The van der Waals surface area contributed by atoms with E-state index in [1.54, 1.807) is 12.1 Å². The number of hydrogen-bond acceptors (Lipinski definition) is 4. The lowest BCUT2D eigenvalue weighted by molar-refractivity contribution is 0.598. The average Bonchev–Trinajstić information content (AvgIpc) is 2.80. The Morgan fingerprint density at radius 2 is 1.85 bits per heavy atom. The number of nitrogens with one attached hydrogen (secondary N) is 1. The molecule has 5 heteroatoms. The minimum absolute atomic E-state index is 0.119. The lowest BCUT2D eigenvalue weighted by Gasteiger charge is -2.05. The first kappa shape index (κ1) is 12.6. The topological polar surface area (TPSA) is 64.1 Å². The van der Waals surface area contributed by atoms with Crippen LogP contribution in [0.15, 0.2) is 59.0 Å². The SMILES string of the molecule is Nc1nc(-c2ccccc2)c(Nc2cccc(Cl)c2)o1. The zero-order valence-corrected chi connectivity index (χ0v) is 11.3. The molecule has 0 aliphatic heterocycles. The molecule has 2 aromatic carbocycles. The molecule has 0 saturated carbocycles. The van der Waals surface area contributed by atoms with E-state index >= 15 is 0 Å². The van der Waals surface area contributed by atoms with Gasteiger partial charge < -0.3 is 15.5 Å². The van der Waals surface area contributed by atoms with Gasteiger partial charge in [-0.3, -0.25) is 0 Å². The molecular weight excluding hydrogens is 274 g/mol. The fraction of sp³-hybridized carbons (Fsp3) is 0. The van der Waals surface area contributed by atoms with Crippen LogP contribution in [0, 0.1) is 0 Å². The van der Waals surface area contributed by atoms with Gasteiger partial charge >= 0.3 is 0 Å². The molecular formula is C15H12ClN3O. The molecule has 100 valence electrons. The highest BCUT2D eigenvalue weighted by Gasteiger charge is 2.13. The molecule has 0 amide bonds. The quantitative estimate of drug-likeness (QED) is 0.752. The van der Waals surface area contributed by atoms with Crippen molar-refractivity contribution in [1.82, 2.24) is 4.98 Å². The van der Waals surface area contributed by atoms with Gasteiger partial charge in [-0.1, -0.05) is 48.0 Å². The number of anilines is 3. The van der Waals surface area contributed by atoms with Gasteiger partial charge in [-0.2, -0.15) is 4.98 Å². The minimum atomic E-state index is 0.119. The molecule has 0 saturated heterocycles. The molecule has 0 bridgehead atoms.